The van der Waals surface area contributed by atoms with Gasteiger partial charge >= 0.3 is 6.18 Å². The van der Waals surface area contributed by atoms with Gasteiger partial charge in [-0.25, -0.2) is 0 Å². The molecule has 0 saturated carbocycles. The summed E-state index contributed by atoms with van der Waals surface area (Å²) in [5, 5.41) is 3.42. The Balaban J connectivity index is 2.10. The van der Waals surface area contributed by atoms with E-state index in [4.69, 9.17) is 4.42 Å². The molecule has 6 heteroatoms. The number of furan rings is 1. The van der Waals surface area contributed by atoms with Gasteiger partial charge in [0.1, 0.15) is 17.0 Å². The van der Waals surface area contributed by atoms with Crippen LogP contribution >= 0.6 is 0 Å². The lowest BCUT2D eigenvalue weighted by Crippen LogP contribution is -2.04. The van der Waals surface area contributed by atoms with Crippen molar-refractivity contribution < 1.29 is 17.6 Å². The summed E-state index contributed by atoms with van der Waals surface area (Å²) >= 11 is 0. The van der Waals surface area contributed by atoms with Crippen LogP contribution < -0.4 is 0 Å². The monoisotopic (exact) mass is 291 g/mol. The van der Waals surface area contributed by atoms with Crippen LogP contribution in [0.15, 0.2) is 58.1 Å². The number of halogens is 3. The van der Waals surface area contributed by atoms with Gasteiger partial charge in [0.05, 0.1) is 5.56 Å². The highest BCUT2D eigenvalue weighted by molar-refractivity contribution is 5.85. The summed E-state index contributed by atoms with van der Waals surface area (Å²) in [4.78, 5) is 10.5. The molecule has 0 saturated heterocycles. The van der Waals surface area contributed by atoms with Crippen LogP contribution in [-0.4, -0.2) is 0 Å². The van der Waals surface area contributed by atoms with Crippen LogP contribution in [0.1, 0.15) is 5.56 Å². The van der Waals surface area contributed by atoms with E-state index in [1.54, 1.807) is 12.1 Å². The van der Waals surface area contributed by atoms with E-state index in [0.717, 1.165) is 12.1 Å². The molecule has 0 radical (unpaired) electrons. The minimum atomic E-state index is -4.41. The molecule has 3 aromatic rings. The lowest BCUT2D eigenvalue weighted by Gasteiger charge is -2.07. The number of benzene rings is 2. The summed E-state index contributed by atoms with van der Waals surface area (Å²) in [7, 11) is 0. The number of hydrogen-bond donors (Lipinski definition) is 0. The third-order valence-electron chi connectivity index (χ3n) is 3.08. The summed E-state index contributed by atoms with van der Waals surface area (Å²) in [5.41, 5.74) is 0.297. The van der Waals surface area contributed by atoms with Crippen LogP contribution in [0.2, 0.25) is 0 Å². The Morgan fingerprint density at radius 3 is 2.52 bits per heavy atom. The third-order valence-corrected chi connectivity index (χ3v) is 3.08. The first-order valence-electron chi connectivity index (χ1n) is 6.02. The van der Waals surface area contributed by atoms with Crippen molar-refractivity contribution in [1.29, 1.82) is 0 Å². The molecule has 106 valence electrons. The Kier molecular flexibility index (Phi) is 3.01. The third kappa shape index (κ3) is 2.52. The van der Waals surface area contributed by atoms with Crippen LogP contribution in [0.3, 0.4) is 0 Å². The van der Waals surface area contributed by atoms with Gasteiger partial charge in [0.25, 0.3) is 0 Å². The molecule has 1 aromatic heterocycles. The van der Waals surface area contributed by atoms with Crippen LogP contribution in [-0.2, 0) is 6.18 Å². The van der Waals surface area contributed by atoms with Crippen molar-refractivity contribution in [3.8, 4) is 11.3 Å². The number of alkyl halides is 3. The highest BCUT2D eigenvalue weighted by Crippen LogP contribution is 2.34. The molecule has 3 rings (SSSR count). The van der Waals surface area contributed by atoms with Gasteiger partial charge in [-0.3, -0.25) is 0 Å². The molecule has 0 aliphatic carbocycles. The van der Waals surface area contributed by atoms with Gasteiger partial charge < -0.3 is 4.42 Å². The first-order valence-corrected chi connectivity index (χ1v) is 6.02. The summed E-state index contributed by atoms with van der Waals surface area (Å²) in [6.07, 6.45) is -4.41. The van der Waals surface area contributed by atoms with E-state index in [0.29, 0.717) is 22.3 Å². The fourth-order valence-electron chi connectivity index (χ4n) is 2.08. The first-order chi connectivity index (χ1) is 9.97. The zero-order chi connectivity index (χ0) is 15.0. The highest BCUT2D eigenvalue weighted by Gasteiger charge is 2.30. The number of nitrogens with zero attached hydrogens (tertiary/aromatic N) is 1. The zero-order valence-electron chi connectivity index (χ0n) is 10.5. The van der Waals surface area contributed by atoms with Crippen LogP contribution in [0.5, 0.6) is 0 Å². The predicted octanol–water partition coefficient (Wildman–Crippen LogP) is 5.52. The molecule has 0 aliphatic heterocycles. The number of fused-ring (bicyclic) bond motifs is 1. The first kappa shape index (κ1) is 13.4. The molecule has 0 amide bonds. The largest absolute Gasteiger partial charge is 0.456 e. The van der Waals surface area contributed by atoms with Gasteiger partial charge in [-0.1, -0.05) is 12.1 Å². The van der Waals surface area contributed by atoms with E-state index >= 15 is 0 Å². The maximum Gasteiger partial charge on any atom is 0.416 e. The quantitative estimate of drug-likeness (QED) is 0.584. The second kappa shape index (κ2) is 4.73. The number of nitroso groups, excluding NO2 is 1. The Bertz CT molecular complexity index is 821. The van der Waals surface area contributed by atoms with E-state index < -0.39 is 11.7 Å². The van der Waals surface area contributed by atoms with Gasteiger partial charge in [0.15, 0.2) is 0 Å². The molecular weight excluding hydrogens is 283 g/mol. The Hall–Kier alpha value is -2.63. The molecule has 0 unspecified atom stereocenters. The normalized spacial score (nSPS) is 11.8. The van der Waals surface area contributed by atoms with Crippen LogP contribution in [0.25, 0.3) is 22.3 Å². The molecule has 2 aromatic carbocycles. The van der Waals surface area contributed by atoms with E-state index in [9.17, 15) is 18.1 Å². The topological polar surface area (TPSA) is 42.6 Å². The van der Waals surface area contributed by atoms with E-state index in [1.165, 1.54) is 24.3 Å². The molecule has 21 heavy (non-hydrogen) atoms. The van der Waals surface area contributed by atoms with E-state index in [2.05, 4.69) is 5.18 Å². The van der Waals surface area contributed by atoms with Gasteiger partial charge in [0.2, 0.25) is 0 Å². The highest BCUT2D eigenvalue weighted by atomic mass is 19.4. The second-order valence-electron chi connectivity index (χ2n) is 4.50. The zero-order valence-corrected chi connectivity index (χ0v) is 10.5. The summed E-state index contributed by atoms with van der Waals surface area (Å²) < 4.78 is 43.6. The summed E-state index contributed by atoms with van der Waals surface area (Å²) in [5.74, 6) is 0.305. The van der Waals surface area contributed by atoms with Crippen molar-refractivity contribution in [2.24, 2.45) is 5.18 Å². The smallest absolute Gasteiger partial charge is 0.416 e. The molecule has 0 aliphatic rings. The average molecular weight is 291 g/mol. The maximum atomic E-state index is 12.7. The Morgan fingerprint density at radius 2 is 1.81 bits per heavy atom. The summed E-state index contributed by atoms with van der Waals surface area (Å²) in [6.45, 7) is 0. The SMILES string of the molecule is O=Nc1ccc2oc(-c3cccc(C(F)(F)F)c3)cc2c1. The molecule has 0 N–H and O–H groups in total. The van der Waals surface area contributed by atoms with Gasteiger partial charge in [-0.15, -0.1) is 4.91 Å². The lowest BCUT2D eigenvalue weighted by molar-refractivity contribution is -0.137. The average Bonchev–Trinajstić information content (AvgIpc) is 2.89. The Morgan fingerprint density at radius 1 is 1.00 bits per heavy atom. The second-order valence-corrected chi connectivity index (χ2v) is 4.50. The standard InChI is InChI=1S/C15H8F3NO2/c16-15(17,18)11-3-1-2-9(6-11)14-8-10-7-12(19-20)4-5-13(10)21-14/h1-8H. The molecular formula is C15H8F3NO2. The van der Waals surface area contributed by atoms with Crippen molar-refractivity contribution in [1.82, 2.24) is 0 Å². The van der Waals surface area contributed by atoms with E-state index in [1.807, 2.05) is 0 Å². The Labute approximate surface area is 117 Å². The predicted molar refractivity (Wildman–Crippen MR) is 72.1 cm³/mol. The van der Waals surface area contributed by atoms with Crippen molar-refractivity contribution in [3.05, 3.63) is 59.0 Å². The van der Waals surface area contributed by atoms with Crippen molar-refractivity contribution in [2.45, 2.75) is 6.18 Å². The minimum Gasteiger partial charge on any atom is -0.456 e. The minimum absolute atomic E-state index is 0.235. The molecule has 0 atom stereocenters. The van der Waals surface area contributed by atoms with Crippen LogP contribution in [0, 0.1) is 4.91 Å². The van der Waals surface area contributed by atoms with Gasteiger partial charge in [-0.05, 0) is 41.6 Å². The fourth-order valence-corrected chi connectivity index (χ4v) is 2.08. The summed E-state index contributed by atoms with van der Waals surface area (Å²) in [6, 6.07) is 11.0. The molecule has 3 nitrogen and oxygen atoms in total. The molecule has 0 bridgehead atoms. The van der Waals surface area contributed by atoms with Gasteiger partial charge in [-0.2, -0.15) is 13.2 Å². The molecule has 0 fully saturated rings. The van der Waals surface area contributed by atoms with Crippen molar-refractivity contribution in [2.75, 3.05) is 0 Å². The van der Waals surface area contributed by atoms with Crippen LogP contribution in [0.4, 0.5) is 18.9 Å². The molecule has 1 heterocycles. The number of hydrogen-bond acceptors (Lipinski definition) is 3. The fraction of sp³-hybridized carbons (Fsp3) is 0.0667. The van der Waals surface area contributed by atoms with Crippen molar-refractivity contribution in [3.63, 3.8) is 0 Å². The van der Waals surface area contributed by atoms with Crippen molar-refractivity contribution >= 4 is 16.7 Å². The van der Waals surface area contributed by atoms with Gasteiger partial charge in [0, 0.05) is 10.9 Å². The lowest BCUT2D eigenvalue weighted by atomic mass is 10.1. The molecule has 0 spiro atoms. The maximum absolute atomic E-state index is 12.7. The number of rotatable bonds is 2. The van der Waals surface area contributed by atoms with E-state index in [-0.39, 0.29) is 5.69 Å².